The lowest BCUT2D eigenvalue weighted by Gasteiger charge is -2.27. The van der Waals surface area contributed by atoms with Gasteiger partial charge in [-0.3, -0.25) is 14.3 Å². The van der Waals surface area contributed by atoms with Crippen molar-refractivity contribution in [1.82, 2.24) is 19.7 Å². The summed E-state index contributed by atoms with van der Waals surface area (Å²) in [6.07, 6.45) is -2.84. The Kier molecular flexibility index (Phi) is 6.56. The maximum absolute atomic E-state index is 13.5. The van der Waals surface area contributed by atoms with Crippen molar-refractivity contribution in [1.29, 1.82) is 0 Å². The molecule has 1 N–H and O–H groups in total. The van der Waals surface area contributed by atoms with Gasteiger partial charge in [0.15, 0.2) is 0 Å². The zero-order chi connectivity index (χ0) is 23.7. The van der Waals surface area contributed by atoms with Gasteiger partial charge in [0.2, 0.25) is 0 Å². The zero-order valence-electron chi connectivity index (χ0n) is 18.2. The molecule has 0 radical (unpaired) electrons. The molecule has 2 aliphatic rings. The second kappa shape index (κ2) is 9.40. The third-order valence-corrected chi connectivity index (χ3v) is 5.52. The van der Waals surface area contributed by atoms with Gasteiger partial charge in [0, 0.05) is 31.3 Å². The highest BCUT2D eigenvalue weighted by Gasteiger charge is 2.35. The van der Waals surface area contributed by atoms with Crippen molar-refractivity contribution in [2.75, 3.05) is 32.1 Å². The smallest absolute Gasteiger partial charge is 0.322 e. The Morgan fingerprint density at radius 2 is 2.18 bits per heavy atom. The number of ether oxygens (including phenoxy) is 1. The molecule has 0 unspecified atom stereocenters. The van der Waals surface area contributed by atoms with Crippen LogP contribution in [0.5, 0.6) is 0 Å². The minimum absolute atomic E-state index is 0.127. The molecular weight excluding hydrogens is 443 g/mol. The quantitative estimate of drug-likeness (QED) is 0.730. The number of hydroxylamine groups is 2. The van der Waals surface area contributed by atoms with Gasteiger partial charge in [-0.2, -0.15) is 5.10 Å². The van der Waals surface area contributed by atoms with Gasteiger partial charge in [-0.1, -0.05) is 0 Å². The van der Waals surface area contributed by atoms with Crippen LogP contribution in [-0.4, -0.2) is 71.0 Å². The van der Waals surface area contributed by atoms with E-state index in [1.165, 1.54) is 23.9 Å². The fourth-order valence-electron chi connectivity index (χ4n) is 3.91. The number of carbonyl (C=O) groups is 2. The SMILES string of the molecule is Cc1cc(NC(=O)N2CCc3nn4c(c3C2)C(=O)N(C)O[C@H](COCC(F)F)C4)ccc1F. The van der Waals surface area contributed by atoms with Crippen molar-refractivity contribution >= 4 is 17.6 Å². The molecule has 9 nitrogen and oxygen atoms in total. The molecule has 0 fully saturated rings. The topological polar surface area (TPSA) is 88.9 Å². The van der Waals surface area contributed by atoms with Crippen molar-refractivity contribution in [3.63, 3.8) is 0 Å². The van der Waals surface area contributed by atoms with Crippen LogP contribution in [0.3, 0.4) is 0 Å². The number of hydrogen-bond donors (Lipinski definition) is 1. The van der Waals surface area contributed by atoms with Gasteiger partial charge in [-0.15, -0.1) is 0 Å². The fourth-order valence-corrected chi connectivity index (χ4v) is 3.91. The summed E-state index contributed by atoms with van der Waals surface area (Å²) in [6, 6.07) is 3.93. The molecule has 2 aliphatic heterocycles. The van der Waals surface area contributed by atoms with Crippen molar-refractivity contribution in [2.24, 2.45) is 0 Å². The summed E-state index contributed by atoms with van der Waals surface area (Å²) in [4.78, 5) is 32.8. The number of alkyl halides is 2. The van der Waals surface area contributed by atoms with E-state index in [2.05, 4.69) is 10.4 Å². The largest absolute Gasteiger partial charge is 0.373 e. The standard InChI is InChI=1S/C21H24F3N5O4/c1-12-7-13(3-4-16(12)22)25-21(31)28-6-5-17-15(9-28)19-20(30)27(2)33-14(8-29(19)26-17)10-32-11-18(23)24/h3-4,7,14,18H,5-6,8-11H2,1-2H3,(H,25,31)/t14-/m0/s1. The maximum atomic E-state index is 13.5. The van der Waals surface area contributed by atoms with Crippen LogP contribution in [0.25, 0.3) is 0 Å². The van der Waals surface area contributed by atoms with Crippen LogP contribution in [0.15, 0.2) is 18.2 Å². The molecule has 12 heteroatoms. The monoisotopic (exact) mass is 467 g/mol. The molecule has 0 aliphatic carbocycles. The van der Waals surface area contributed by atoms with Crippen LogP contribution in [0, 0.1) is 12.7 Å². The first-order valence-corrected chi connectivity index (χ1v) is 10.4. The van der Waals surface area contributed by atoms with Crippen LogP contribution in [0.4, 0.5) is 23.7 Å². The van der Waals surface area contributed by atoms with Crippen molar-refractivity contribution < 1.29 is 32.3 Å². The fraction of sp³-hybridized carbons (Fsp3) is 0.476. The van der Waals surface area contributed by atoms with Gasteiger partial charge in [-0.05, 0) is 30.7 Å². The Labute approximate surface area is 188 Å². The summed E-state index contributed by atoms with van der Waals surface area (Å²) in [7, 11) is 1.43. The molecule has 1 aromatic heterocycles. The van der Waals surface area contributed by atoms with Crippen LogP contribution in [0.1, 0.15) is 27.3 Å². The highest BCUT2D eigenvalue weighted by molar-refractivity contribution is 5.94. The summed E-state index contributed by atoms with van der Waals surface area (Å²) >= 11 is 0. The van der Waals surface area contributed by atoms with Crippen molar-refractivity contribution in [3.8, 4) is 0 Å². The summed E-state index contributed by atoms with van der Waals surface area (Å²) in [5.74, 6) is -0.808. The van der Waals surface area contributed by atoms with E-state index in [0.29, 0.717) is 41.2 Å². The first kappa shape index (κ1) is 23.1. The van der Waals surface area contributed by atoms with Crippen LogP contribution < -0.4 is 5.32 Å². The van der Waals surface area contributed by atoms with Crippen LogP contribution >= 0.6 is 0 Å². The molecule has 178 valence electrons. The lowest BCUT2D eigenvalue weighted by atomic mass is 10.1. The number of hydrogen-bond acceptors (Lipinski definition) is 5. The highest BCUT2D eigenvalue weighted by Crippen LogP contribution is 2.27. The third kappa shape index (κ3) is 4.96. The number of rotatable bonds is 5. The average Bonchev–Trinajstić information content (AvgIpc) is 3.06. The number of amides is 3. The Morgan fingerprint density at radius 1 is 1.39 bits per heavy atom. The molecule has 3 amide bonds. The van der Waals surface area contributed by atoms with Crippen LogP contribution in [0.2, 0.25) is 0 Å². The average molecular weight is 467 g/mol. The Bertz CT molecular complexity index is 1060. The number of halogens is 3. The van der Waals surface area contributed by atoms with Crippen molar-refractivity contribution in [2.45, 2.75) is 39.0 Å². The molecule has 0 bridgehead atoms. The number of fused-ring (bicyclic) bond motifs is 3. The number of carbonyl (C=O) groups excluding carboxylic acids is 2. The second-order valence-electron chi connectivity index (χ2n) is 7.98. The molecule has 0 saturated heterocycles. The molecule has 0 spiro atoms. The molecule has 3 heterocycles. The van der Waals surface area contributed by atoms with E-state index in [1.807, 2.05) is 0 Å². The highest BCUT2D eigenvalue weighted by atomic mass is 19.3. The minimum atomic E-state index is -2.60. The molecule has 0 saturated carbocycles. The van der Waals surface area contributed by atoms with Gasteiger partial charge in [0.05, 0.1) is 25.4 Å². The molecule has 1 aromatic carbocycles. The maximum Gasteiger partial charge on any atom is 0.322 e. The lowest BCUT2D eigenvalue weighted by Crippen LogP contribution is -2.39. The summed E-state index contributed by atoms with van der Waals surface area (Å²) in [6.45, 7) is 1.44. The number of anilines is 1. The Balaban J connectivity index is 1.50. The molecular formula is C21H24F3N5O4. The molecule has 2 aromatic rings. The van der Waals surface area contributed by atoms with E-state index in [9.17, 15) is 22.8 Å². The van der Waals surface area contributed by atoms with Gasteiger partial charge in [-0.25, -0.2) is 23.0 Å². The number of urea groups is 1. The number of benzene rings is 1. The predicted octanol–water partition coefficient (Wildman–Crippen LogP) is 2.59. The summed E-state index contributed by atoms with van der Waals surface area (Å²) in [5.41, 5.74) is 2.48. The summed E-state index contributed by atoms with van der Waals surface area (Å²) in [5, 5.41) is 8.30. The van der Waals surface area contributed by atoms with E-state index >= 15 is 0 Å². The van der Waals surface area contributed by atoms with Gasteiger partial charge in [0.1, 0.15) is 24.2 Å². The summed E-state index contributed by atoms with van der Waals surface area (Å²) < 4.78 is 44.7. The second-order valence-corrected chi connectivity index (χ2v) is 7.98. The van der Waals surface area contributed by atoms with Crippen LogP contribution in [-0.2, 0) is 29.1 Å². The van der Waals surface area contributed by atoms with Crippen molar-refractivity contribution in [3.05, 3.63) is 46.5 Å². The van der Waals surface area contributed by atoms with E-state index < -0.39 is 25.0 Å². The predicted molar refractivity (Wildman–Crippen MR) is 110 cm³/mol. The number of nitrogens with one attached hydrogen (secondary N) is 1. The van der Waals surface area contributed by atoms with E-state index in [0.717, 1.165) is 5.06 Å². The zero-order valence-corrected chi connectivity index (χ0v) is 18.2. The van der Waals surface area contributed by atoms with E-state index in [-0.39, 0.29) is 31.5 Å². The number of aromatic nitrogens is 2. The first-order valence-electron chi connectivity index (χ1n) is 10.4. The number of nitrogens with zero attached hydrogens (tertiary/aromatic N) is 4. The Morgan fingerprint density at radius 3 is 2.91 bits per heavy atom. The Hall–Kier alpha value is -3.12. The van der Waals surface area contributed by atoms with Gasteiger partial charge in [0.25, 0.3) is 12.3 Å². The normalized spacial score (nSPS) is 18.2. The molecule has 1 atom stereocenters. The van der Waals surface area contributed by atoms with E-state index in [4.69, 9.17) is 9.57 Å². The van der Waals surface area contributed by atoms with E-state index in [1.54, 1.807) is 17.9 Å². The van der Waals surface area contributed by atoms with Gasteiger partial charge >= 0.3 is 6.03 Å². The lowest BCUT2D eigenvalue weighted by molar-refractivity contribution is -0.169. The number of aryl methyl sites for hydroxylation is 1. The van der Waals surface area contributed by atoms with Gasteiger partial charge < -0.3 is 15.0 Å². The third-order valence-electron chi connectivity index (χ3n) is 5.52. The minimum Gasteiger partial charge on any atom is -0.373 e. The first-order chi connectivity index (χ1) is 15.7. The molecule has 33 heavy (non-hydrogen) atoms. The molecule has 4 rings (SSSR count).